The van der Waals surface area contributed by atoms with E-state index in [0.717, 1.165) is 25.0 Å². The van der Waals surface area contributed by atoms with Gasteiger partial charge in [0.1, 0.15) is 0 Å². The molecule has 1 fully saturated rings. The van der Waals surface area contributed by atoms with Gasteiger partial charge in [-0.15, -0.1) is 0 Å². The topological polar surface area (TPSA) is 58.2 Å². The van der Waals surface area contributed by atoms with Crippen LogP contribution < -0.4 is 10.6 Å². The average molecular weight is 376 g/mol. The van der Waals surface area contributed by atoms with Crippen molar-refractivity contribution in [3.63, 3.8) is 0 Å². The molecule has 1 aliphatic carbocycles. The normalized spacial score (nSPS) is 15.1. The SMILES string of the molecule is CC(NC(=O)c1ccc(NC(=O)C2CC2)cc1)c1cccc(C(F)(F)F)c1. The summed E-state index contributed by atoms with van der Waals surface area (Å²) < 4.78 is 38.5. The first-order valence-electron chi connectivity index (χ1n) is 8.63. The molecule has 0 aliphatic heterocycles. The van der Waals surface area contributed by atoms with Gasteiger partial charge in [0.15, 0.2) is 0 Å². The van der Waals surface area contributed by atoms with Gasteiger partial charge in [-0.2, -0.15) is 13.2 Å². The molecule has 27 heavy (non-hydrogen) atoms. The fourth-order valence-corrected chi connectivity index (χ4v) is 2.64. The van der Waals surface area contributed by atoms with Crippen molar-refractivity contribution in [1.82, 2.24) is 5.32 Å². The van der Waals surface area contributed by atoms with Crippen LogP contribution in [-0.2, 0) is 11.0 Å². The molecule has 1 atom stereocenters. The van der Waals surface area contributed by atoms with Gasteiger partial charge in [-0.25, -0.2) is 0 Å². The van der Waals surface area contributed by atoms with Crippen LogP contribution in [-0.4, -0.2) is 11.8 Å². The van der Waals surface area contributed by atoms with Gasteiger partial charge in [-0.1, -0.05) is 12.1 Å². The van der Waals surface area contributed by atoms with E-state index in [9.17, 15) is 22.8 Å². The largest absolute Gasteiger partial charge is 0.416 e. The molecule has 1 unspecified atom stereocenters. The van der Waals surface area contributed by atoms with E-state index >= 15 is 0 Å². The molecule has 7 heteroatoms. The highest BCUT2D eigenvalue weighted by atomic mass is 19.4. The summed E-state index contributed by atoms with van der Waals surface area (Å²) in [6.45, 7) is 1.62. The zero-order valence-electron chi connectivity index (χ0n) is 14.6. The Hall–Kier alpha value is -2.83. The molecular weight excluding hydrogens is 357 g/mol. The lowest BCUT2D eigenvalue weighted by Gasteiger charge is -2.16. The highest BCUT2D eigenvalue weighted by molar-refractivity contribution is 5.96. The summed E-state index contributed by atoms with van der Waals surface area (Å²) in [5.74, 6) is -0.341. The summed E-state index contributed by atoms with van der Waals surface area (Å²) in [7, 11) is 0. The number of nitrogens with one attached hydrogen (secondary N) is 2. The van der Waals surface area contributed by atoms with Crippen LogP contribution in [0.1, 0.15) is 47.3 Å². The fourth-order valence-electron chi connectivity index (χ4n) is 2.64. The van der Waals surface area contributed by atoms with Crippen molar-refractivity contribution in [2.45, 2.75) is 32.0 Å². The Morgan fingerprint density at radius 1 is 1.07 bits per heavy atom. The lowest BCUT2D eigenvalue weighted by molar-refractivity contribution is -0.137. The first kappa shape index (κ1) is 18.9. The first-order valence-corrected chi connectivity index (χ1v) is 8.63. The smallest absolute Gasteiger partial charge is 0.346 e. The molecule has 0 bridgehead atoms. The van der Waals surface area contributed by atoms with Gasteiger partial charge >= 0.3 is 6.18 Å². The van der Waals surface area contributed by atoms with Crippen molar-refractivity contribution < 1.29 is 22.8 Å². The van der Waals surface area contributed by atoms with Crippen LogP contribution in [0.15, 0.2) is 48.5 Å². The average Bonchev–Trinajstić information content (AvgIpc) is 3.47. The van der Waals surface area contributed by atoms with Crippen LogP contribution in [0.3, 0.4) is 0 Å². The Morgan fingerprint density at radius 2 is 1.74 bits per heavy atom. The number of anilines is 1. The molecule has 4 nitrogen and oxygen atoms in total. The molecule has 0 saturated heterocycles. The third-order valence-electron chi connectivity index (χ3n) is 4.42. The summed E-state index contributed by atoms with van der Waals surface area (Å²) in [6.07, 6.45) is -2.63. The third-order valence-corrected chi connectivity index (χ3v) is 4.42. The van der Waals surface area contributed by atoms with E-state index in [0.29, 0.717) is 16.8 Å². The van der Waals surface area contributed by atoms with E-state index < -0.39 is 23.7 Å². The van der Waals surface area contributed by atoms with Crippen LogP contribution in [0.25, 0.3) is 0 Å². The van der Waals surface area contributed by atoms with Crippen LogP contribution in [0.2, 0.25) is 0 Å². The van der Waals surface area contributed by atoms with Gasteiger partial charge in [0.05, 0.1) is 11.6 Å². The van der Waals surface area contributed by atoms with E-state index in [-0.39, 0.29) is 11.8 Å². The number of hydrogen-bond donors (Lipinski definition) is 2. The maximum Gasteiger partial charge on any atom is 0.416 e. The van der Waals surface area contributed by atoms with E-state index in [1.165, 1.54) is 12.1 Å². The Labute approximate surface area is 154 Å². The number of alkyl halides is 3. The standard InChI is InChI=1S/C20H19F3N2O2/c1-12(15-3-2-4-16(11-15)20(21,22)23)24-18(26)14-7-9-17(10-8-14)25-19(27)13-5-6-13/h2-4,7-13H,5-6H2,1H3,(H,24,26)(H,25,27). The van der Waals surface area contributed by atoms with Gasteiger partial charge in [-0.05, 0) is 61.7 Å². The second-order valence-corrected chi connectivity index (χ2v) is 6.66. The molecule has 0 spiro atoms. The predicted octanol–water partition coefficient (Wildman–Crippen LogP) is 4.54. The van der Waals surface area contributed by atoms with E-state index in [1.54, 1.807) is 31.2 Å². The molecular formula is C20H19F3N2O2. The van der Waals surface area contributed by atoms with Crippen molar-refractivity contribution in [2.75, 3.05) is 5.32 Å². The molecule has 0 radical (unpaired) electrons. The Kier molecular flexibility index (Phi) is 5.21. The van der Waals surface area contributed by atoms with Crippen LogP contribution >= 0.6 is 0 Å². The quantitative estimate of drug-likeness (QED) is 0.805. The number of hydrogen-bond acceptors (Lipinski definition) is 2. The van der Waals surface area contributed by atoms with E-state index in [4.69, 9.17) is 0 Å². The summed E-state index contributed by atoms with van der Waals surface area (Å²) in [5, 5.41) is 5.47. The highest BCUT2D eigenvalue weighted by Crippen LogP contribution is 2.31. The van der Waals surface area contributed by atoms with Crippen LogP contribution in [0, 0.1) is 5.92 Å². The molecule has 2 aromatic carbocycles. The molecule has 3 rings (SSSR count). The van der Waals surface area contributed by atoms with Crippen LogP contribution in [0.4, 0.5) is 18.9 Å². The van der Waals surface area contributed by atoms with E-state index in [2.05, 4.69) is 10.6 Å². The fraction of sp³-hybridized carbons (Fsp3) is 0.300. The van der Waals surface area contributed by atoms with Crippen molar-refractivity contribution >= 4 is 17.5 Å². The van der Waals surface area contributed by atoms with Gasteiger partial charge in [0.25, 0.3) is 5.91 Å². The molecule has 1 saturated carbocycles. The molecule has 2 N–H and O–H groups in total. The monoisotopic (exact) mass is 376 g/mol. The summed E-state index contributed by atoms with van der Waals surface area (Å²) >= 11 is 0. The van der Waals surface area contributed by atoms with Gasteiger partial charge in [0, 0.05) is 17.2 Å². The second kappa shape index (κ2) is 7.42. The number of rotatable bonds is 5. The molecule has 2 amide bonds. The molecule has 0 heterocycles. The lowest BCUT2D eigenvalue weighted by Crippen LogP contribution is -2.26. The van der Waals surface area contributed by atoms with E-state index in [1.807, 2.05) is 0 Å². The minimum Gasteiger partial charge on any atom is -0.346 e. The number of amides is 2. The van der Waals surface area contributed by atoms with Gasteiger partial charge in [-0.3, -0.25) is 9.59 Å². The number of carbonyl (C=O) groups is 2. The Balaban J connectivity index is 1.63. The van der Waals surface area contributed by atoms with Crippen molar-refractivity contribution in [3.8, 4) is 0 Å². The Morgan fingerprint density at radius 3 is 2.33 bits per heavy atom. The van der Waals surface area contributed by atoms with Crippen molar-refractivity contribution in [1.29, 1.82) is 0 Å². The minimum absolute atomic E-state index is 0.0228. The maximum absolute atomic E-state index is 12.8. The van der Waals surface area contributed by atoms with Crippen molar-refractivity contribution in [2.24, 2.45) is 5.92 Å². The van der Waals surface area contributed by atoms with Crippen molar-refractivity contribution in [3.05, 3.63) is 65.2 Å². The number of benzene rings is 2. The third kappa shape index (κ3) is 4.87. The van der Waals surface area contributed by atoms with Gasteiger partial charge in [0.2, 0.25) is 5.91 Å². The van der Waals surface area contributed by atoms with Crippen LogP contribution in [0.5, 0.6) is 0 Å². The summed E-state index contributed by atoms with van der Waals surface area (Å²) in [6, 6.07) is 10.7. The number of carbonyl (C=O) groups excluding carboxylic acids is 2. The van der Waals surface area contributed by atoms with Gasteiger partial charge < -0.3 is 10.6 Å². The minimum atomic E-state index is -4.43. The second-order valence-electron chi connectivity index (χ2n) is 6.66. The maximum atomic E-state index is 12.8. The molecule has 1 aliphatic rings. The summed E-state index contributed by atoms with van der Waals surface area (Å²) in [5.41, 5.74) is 0.580. The molecule has 142 valence electrons. The number of halogens is 3. The highest BCUT2D eigenvalue weighted by Gasteiger charge is 2.31. The zero-order valence-corrected chi connectivity index (χ0v) is 14.6. The zero-order chi connectivity index (χ0) is 19.6. The molecule has 2 aromatic rings. The molecule has 0 aromatic heterocycles. The summed E-state index contributed by atoms with van der Waals surface area (Å²) in [4.78, 5) is 24.1. The first-order chi connectivity index (χ1) is 12.7. The Bertz CT molecular complexity index is 843. The lowest BCUT2D eigenvalue weighted by atomic mass is 10.0. The predicted molar refractivity (Wildman–Crippen MR) is 95.1 cm³/mol.